The Balaban J connectivity index is 1.37. The Bertz CT molecular complexity index is 1350. The van der Waals surface area contributed by atoms with Gasteiger partial charge in [0.25, 0.3) is 0 Å². The third-order valence-electron chi connectivity index (χ3n) is 6.10. The fourth-order valence-corrected chi connectivity index (χ4v) is 4.29. The van der Waals surface area contributed by atoms with E-state index in [2.05, 4.69) is 50.3 Å². The largest absolute Gasteiger partial charge is 0.368 e. The van der Waals surface area contributed by atoms with Crippen LogP contribution in [0.25, 0.3) is 22.6 Å². The van der Waals surface area contributed by atoms with Gasteiger partial charge in [-0.05, 0) is 63.2 Å². The number of aromatic nitrogens is 6. The Morgan fingerprint density at radius 2 is 1.79 bits per heavy atom. The number of rotatable bonds is 6. The number of nitrogens with zero attached hydrogens (tertiary/aromatic N) is 8. The van der Waals surface area contributed by atoms with E-state index in [1.807, 2.05) is 24.4 Å². The molecule has 5 rings (SSSR count). The maximum absolute atomic E-state index is 9.19. The first-order chi connectivity index (χ1) is 16.6. The molecule has 3 aromatic heterocycles. The van der Waals surface area contributed by atoms with E-state index in [9.17, 15) is 5.26 Å². The van der Waals surface area contributed by atoms with Gasteiger partial charge in [0.1, 0.15) is 5.69 Å². The molecule has 9 nitrogen and oxygen atoms in total. The van der Waals surface area contributed by atoms with Gasteiger partial charge < -0.3 is 5.73 Å². The molecule has 1 atom stereocenters. The molecular weight excluding hydrogens is 426 g/mol. The molecule has 0 amide bonds. The zero-order valence-electron chi connectivity index (χ0n) is 19.0. The van der Waals surface area contributed by atoms with Crippen molar-refractivity contribution in [2.45, 2.75) is 32.4 Å². The lowest BCUT2D eigenvalue weighted by Gasteiger charge is -2.23. The van der Waals surface area contributed by atoms with Crippen LogP contribution in [0.15, 0.2) is 54.7 Å². The second kappa shape index (κ2) is 9.37. The molecule has 1 saturated heterocycles. The third kappa shape index (κ3) is 4.63. The van der Waals surface area contributed by atoms with Gasteiger partial charge in [-0.2, -0.15) is 5.26 Å². The molecule has 0 saturated carbocycles. The number of hydrogen-bond acceptors (Lipinski definition) is 8. The van der Waals surface area contributed by atoms with Gasteiger partial charge in [-0.1, -0.05) is 23.4 Å². The van der Waals surface area contributed by atoms with E-state index < -0.39 is 0 Å². The van der Waals surface area contributed by atoms with Crippen LogP contribution in [0.3, 0.4) is 0 Å². The number of benzene rings is 1. The Hall–Kier alpha value is -4.16. The lowest BCUT2D eigenvalue weighted by Crippen LogP contribution is -2.24. The van der Waals surface area contributed by atoms with Crippen molar-refractivity contribution in [1.82, 2.24) is 34.8 Å². The predicted molar refractivity (Wildman–Crippen MR) is 128 cm³/mol. The van der Waals surface area contributed by atoms with Crippen LogP contribution in [0, 0.1) is 11.3 Å². The van der Waals surface area contributed by atoms with Gasteiger partial charge in [0.05, 0.1) is 47.1 Å². The van der Waals surface area contributed by atoms with Crippen LogP contribution in [0.1, 0.15) is 42.8 Å². The van der Waals surface area contributed by atoms with Crippen molar-refractivity contribution in [3.05, 3.63) is 71.7 Å². The van der Waals surface area contributed by atoms with Crippen LogP contribution >= 0.6 is 0 Å². The highest BCUT2D eigenvalue weighted by Crippen LogP contribution is 2.25. The second-order valence-corrected chi connectivity index (χ2v) is 8.46. The summed E-state index contributed by atoms with van der Waals surface area (Å²) in [6.07, 6.45) is 4.34. The highest BCUT2D eigenvalue weighted by atomic mass is 15.4. The predicted octanol–water partition coefficient (Wildman–Crippen LogP) is 3.46. The highest BCUT2D eigenvalue weighted by Gasteiger charge is 2.20. The van der Waals surface area contributed by atoms with E-state index in [4.69, 9.17) is 10.7 Å². The smallest absolute Gasteiger partial charge is 0.221 e. The molecular formula is C25H25N9. The van der Waals surface area contributed by atoms with Crippen molar-refractivity contribution in [2.24, 2.45) is 0 Å². The normalized spacial score (nSPS) is 14.7. The molecule has 0 unspecified atom stereocenters. The lowest BCUT2D eigenvalue weighted by atomic mass is 10.1. The molecule has 0 bridgehead atoms. The van der Waals surface area contributed by atoms with E-state index in [-0.39, 0.29) is 5.95 Å². The Kier molecular flexibility index (Phi) is 5.97. The molecule has 1 aliphatic heterocycles. The van der Waals surface area contributed by atoms with Gasteiger partial charge in [-0.3, -0.25) is 9.88 Å². The summed E-state index contributed by atoms with van der Waals surface area (Å²) < 4.78 is 1.75. The Morgan fingerprint density at radius 3 is 2.62 bits per heavy atom. The molecule has 4 heterocycles. The van der Waals surface area contributed by atoms with Crippen molar-refractivity contribution in [3.8, 4) is 28.7 Å². The topological polar surface area (TPSA) is 122 Å². The fourth-order valence-electron chi connectivity index (χ4n) is 4.29. The summed E-state index contributed by atoms with van der Waals surface area (Å²) in [4.78, 5) is 16.0. The van der Waals surface area contributed by atoms with Gasteiger partial charge >= 0.3 is 0 Å². The Morgan fingerprint density at radius 1 is 1.00 bits per heavy atom. The number of likely N-dealkylation sites (tertiary alicyclic amines) is 1. The lowest BCUT2D eigenvalue weighted by molar-refractivity contribution is 0.258. The molecule has 4 aromatic rings. The summed E-state index contributed by atoms with van der Waals surface area (Å²) in [7, 11) is 0. The van der Waals surface area contributed by atoms with Crippen molar-refractivity contribution >= 4 is 5.95 Å². The van der Waals surface area contributed by atoms with Crippen LogP contribution in [0.4, 0.5) is 5.95 Å². The van der Waals surface area contributed by atoms with Gasteiger partial charge in [0.2, 0.25) is 5.95 Å². The molecule has 170 valence electrons. The minimum Gasteiger partial charge on any atom is -0.368 e. The number of nitrogens with two attached hydrogens (primary N) is 1. The molecule has 1 fully saturated rings. The molecule has 0 spiro atoms. The first-order valence-corrected chi connectivity index (χ1v) is 11.3. The maximum atomic E-state index is 9.19. The quantitative estimate of drug-likeness (QED) is 0.473. The van der Waals surface area contributed by atoms with E-state index >= 15 is 0 Å². The fraction of sp³-hybridized carbons (Fsp3) is 0.280. The summed E-state index contributed by atoms with van der Waals surface area (Å²) in [5, 5.41) is 17.7. The number of hydrogen-bond donors (Lipinski definition) is 1. The summed E-state index contributed by atoms with van der Waals surface area (Å²) in [6, 6.07) is 17.6. The van der Waals surface area contributed by atoms with Crippen molar-refractivity contribution in [1.29, 1.82) is 5.26 Å². The average molecular weight is 452 g/mol. The van der Waals surface area contributed by atoms with Crippen molar-refractivity contribution < 1.29 is 0 Å². The SMILES string of the molecule is C[C@@H](c1cccc(Cn2cc(-c3cc(-c4cccc(C#N)c4)nc(N)n3)nn2)n1)N1CCCC1. The van der Waals surface area contributed by atoms with E-state index in [0.29, 0.717) is 35.2 Å². The molecule has 2 N–H and O–H groups in total. The molecule has 1 aromatic carbocycles. The van der Waals surface area contributed by atoms with Gasteiger partial charge in [-0.25, -0.2) is 14.6 Å². The average Bonchev–Trinajstić information content (AvgIpc) is 3.56. The molecule has 0 aliphatic carbocycles. The number of pyridine rings is 1. The summed E-state index contributed by atoms with van der Waals surface area (Å²) in [6.45, 7) is 4.98. The minimum absolute atomic E-state index is 0.134. The van der Waals surface area contributed by atoms with Gasteiger partial charge in [0, 0.05) is 11.6 Å². The number of anilines is 1. The van der Waals surface area contributed by atoms with E-state index in [0.717, 1.165) is 30.0 Å². The first kappa shape index (κ1) is 21.7. The molecule has 9 heteroatoms. The number of nitriles is 1. The summed E-state index contributed by atoms with van der Waals surface area (Å²) >= 11 is 0. The van der Waals surface area contributed by atoms with Crippen LogP contribution in [-0.2, 0) is 6.54 Å². The first-order valence-electron chi connectivity index (χ1n) is 11.3. The Labute approximate surface area is 197 Å². The van der Waals surface area contributed by atoms with Gasteiger partial charge in [0.15, 0.2) is 0 Å². The summed E-state index contributed by atoms with van der Waals surface area (Å²) in [5.74, 6) is 0.134. The minimum atomic E-state index is 0.134. The third-order valence-corrected chi connectivity index (χ3v) is 6.10. The molecule has 0 radical (unpaired) electrons. The van der Waals surface area contributed by atoms with E-state index in [1.165, 1.54) is 12.8 Å². The van der Waals surface area contributed by atoms with Crippen LogP contribution in [-0.4, -0.2) is 47.9 Å². The summed E-state index contributed by atoms with van der Waals surface area (Å²) in [5.41, 5.74) is 11.1. The van der Waals surface area contributed by atoms with E-state index in [1.54, 1.807) is 22.9 Å². The van der Waals surface area contributed by atoms with Crippen molar-refractivity contribution in [2.75, 3.05) is 18.8 Å². The zero-order valence-corrected chi connectivity index (χ0v) is 19.0. The monoisotopic (exact) mass is 451 g/mol. The number of nitrogen functional groups attached to an aromatic ring is 1. The molecule has 1 aliphatic rings. The highest BCUT2D eigenvalue weighted by molar-refractivity contribution is 5.68. The maximum Gasteiger partial charge on any atom is 0.221 e. The molecule has 34 heavy (non-hydrogen) atoms. The van der Waals surface area contributed by atoms with Crippen LogP contribution in [0.2, 0.25) is 0 Å². The second-order valence-electron chi connectivity index (χ2n) is 8.46. The zero-order chi connectivity index (χ0) is 23.5. The standard InChI is InChI=1S/C25H25N9/c1-17(33-10-2-3-11-33)21-9-5-8-20(28-21)15-34-16-24(31-32-34)23-13-22(29-25(27)30-23)19-7-4-6-18(12-19)14-26/h4-9,12-13,16-17H,2-3,10-11,15H2,1H3,(H2,27,29,30)/t17-/m0/s1. The van der Waals surface area contributed by atoms with Crippen LogP contribution < -0.4 is 5.73 Å². The van der Waals surface area contributed by atoms with Gasteiger partial charge in [-0.15, -0.1) is 5.10 Å². The van der Waals surface area contributed by atoms with Crippen LogP contribution in [0.5, 0.6) is 0 Å². The van der Waals surface area contributed by atoms with Crippen molar-refractivity contribution in [3.63, 3.8) is 0 Å².